The zero-order chi connectivity index (χ0) is 19.2. The van der Waals surface area contributed by atoms with Crippen LogP contribution in [0.15, 0.2) is 48.5 Å². The Morgan fingerprint density at radius 2 is 1.85 bits per heavy atom. The first-order chi connectivity index (χ1) is 13.0. The number of rotatable bonds is 7. The van der Waals surface area contributed by atoms with Crippen molar-refractivity contribution in [3.63, 3.8) is 0 Å². The Balaban J connectivity index is 1.60. The molecule has 1 amide bonds. The molecule has 0 bridgehead atoms. The maximum absolute atomic E-state index is 13.2. The molecule has 3 rings (SSSR count). The monoisotopic (exact) mass is 385 g/mol. The highest BCUT2D eigenvalue weighted by Crippen LogP contribution is 2.18. The number of carbonyl (C=O) groups is 2. The van der Waals surface area contributed by atoms with Crippen molar-refractivity contribution >= 4 is 28.9 Å². The Hall–Kier alpha value is -3.13. The predicted molar refractivity (Wildman–Crippen MR) is 99.5 cm³/mol. The van der Waals surface area contributed by atoms with Gasteiger partial charge in [-0.25, -0.2) is 4.39 Å². The zero-order valence-electron chi connectivity index (χ0n) is 14.2. The Kier molecular flexibility index (Phi) is 5.87. The molecule has 6 nitrogen and oxygen atoms in total. The third-order valence-corrected chi connectivity index (χ3v) is 4.67. The van der Waals surface area contributed by atoms with Gasteiger partial charge in [0.1, 0.15) is 10.8 Å². The average molecular weight is 385 g/mol. The first kappa shape index (κ1) is 18.7. The van der Waals surface area contributed by atoms with E-state index < -0.39 is 5.97 Å². The van der Waals surface area contributed by atoms with Crippen LogP contribution in [0.25, 0.3) is 0 Å². The molecule has 0 spiro atoms. The standard InChI is InChI=1S/C19H16FN3O3S/c20-14-3-1-2-13(10-14)11-16-22-23-19(27-16)18(26)21-15-7-4-12(5-8-15)6-9-17(24)25/h1-5,7-8,10H,6,9,11H2,(H,21,26)(H,24,25). The maximum atomic E-state index is 13.2. The number of carbonyl (C=O) groups excluding carboxylic acids is 1. The molecular formula is C19H16FN3O3S. The first-order valence-corrected chi connectivity index (χ1v) is 9.00. The minimum Gasteiger partial charge on any atom is -0.481 e. The van der Waals surface area contributed by atoms with Crippen LogP contribution in [-0.2, 0) is 17.6 Å². The smallest absolute Gasteiger partial charge is 0.303 e. The van der Waals surface area contributed by atoms with E-state index in [1.54, 1.807) is 36.4 Å². The van der Waals surface area contributed by atoms with E-state index in [0.29, 0.717) is 23.5 Å². The molecule has 2 N–H and O–H groups in total. The van der Waals surface area contributed by atoms with Gasteiger partial charge in [-0.3, -0.25) is 9.59 Å². The van der Waals surface area contributed by atoms with Gasteiger partial charge < -0.3 is 10.4 Å². The number of benzene rings is 2. The fourth-order valence-corrected chi connectivity index (χ4v) is 3.20. The predicted octanol–water partition coefficient (Wildman–Crippen LogP) is 3.54. The molecule has 3 aromatic rings. The largest absolute Gasteiger partial charge is 0.481 e. The van der Waals surface area contributed by atoms with E-state index in [1.165, 1.54) is 12.1 Å². The lowest BCUT2D eigenvalue weighted by atomic mass is 10.1. The third-order valence-electron chi connectivity index (χ3n) is 3.74. The lowest BCUT2D eigenvalue weighted by molar-refractivity contribution is -0.136. The molecule has 0 aliphatic heterocycles. The Morgan fingerprint density at radius 1 is 1.07 bits per heavy atom. The zero-order valence-corrected chi connectivity index (χ0v) is 15.0. The third kappa shape index (κ3) is 5.42. The first-order valence-electron chi connectivity index (χ1n) is 8.18. The second-order valence-corrected chi connectivity index (χ2v) is 6.91. The van der Waals surface area contributed by atoms with Crippen LogP contribution in [0.1, 0.15) is 32.4 Å². The van der Waals surface area contributed by atoms with E-state index in [0.717, 1.165) is 22.5 Å². The summed E-state index contributed by atoms with van der Waals surface area (Å²) < 4.78 is 13.2. The summed E-state index contributed by atoms with van der Waals surface area (Å²) >= 11 is 1.15. The van der Waals surface area contributed by atoms with Gasteiger partial charge in [0.25, 0.3) is 5.91 Å². The molecule has 0 saturated heterocycles. The number of hydrogen-bond donors (Lipinski definition) is 2. The summed E-state index contributed by atoms with van der Waals surface area (Å²) in [5.41, 5.74) is 2.22. The van der Waals surface area contributed by atoms with Crippen LogP contribution in [0.4, 0.5) is 10.1 Å². The molecule has 2 aromatic carbocycles. The lowest BCUT2D eigenvalue weighted by Gasteiger charge is -2.04. The molecular weight excluding hydrogens is 369 g/mol. The number of amides is 1. The highest BCUT2D eigenvalue weighted by atomic mass is 32.1. The summed E-state index contributed by atoms with van der Waals surface area (Å²) in [6.07, 6.45) is 0.898. The van der Waals surface area contributed by atoms with E-state index in [4.69, 9.17) is 5.11 Å². The molecule has 0 aliphatic carbocycles. The van der Waals surface area contributed by atoms with Gasteiger partial charge >= 0.3 is 5.97 Å². The van der Waals surface area contributed by atoms with Crippen molar-refractivity contribution < 1.29 is 19.1 Å². The summed E-state index contributed by atoms with van der Waals surface area (Å²) in [4.78, 5) is 22.9. The van der Waals surface area contributed by atoms with Crippen molar-refractivity contribution in [1.29, 1.82) is 0 Å². The van der Waals surface area contributed by atoms with E-state index in [1.807, 2.05) is 0 Å². The van der Waals surface area contributed by atoms with E-state index in [9.17, 15) is 14.0 Å². The minimum absolute atomic E-state index is 0.0601. The van der Waals surface area contributed by atoms with Crippen LogP contribution in [-0.4, -0.2) is 27.2 Å². The van der Waals surface area contributed by atoms with Crippen molar-refractivity contribution in [2.45, 2.75) is 19.3 Å². The average Bonchev–Trinajstić information content (AvgIpc) is 3.10. The molecule has 0 unspecified atom stereocenters. The number of nitrogens with one attached hydrogen (secondary N) is 1. The van der Waals surface area contributed by atoms with Gasteiger partial charge in [0.2, 0.25) is 5.01 Å². The number of carboxylic acid groups (broad SMARTS) is 1. The number of aromatic nitrogens is 2. The molecule has 0 aliphatic rings. The lowest BCUT2D eigenvalue weighted by Crippen LogP contribution is -2.11. The minimum atomic E-state index is -0.849. The van der Waals surface area contributed by atoms with Crippen LogP contribution >= 0.6 is 11.3 Å². The normalized spacial score (nSPS) is 10.6. The topological polar surface area (TPSA) is 92.2 Å². The number of nitrogens with zero attached hydrogens (tertiary/aromatic N) is 2. The fraction of sp³-hybridized carbons (Fsp3) is 0.158. The van der Waals surface area contributed by atoms with E-state index in [2.05, 4.69) is 15.5 Å². The van der Waals surface area contributed by atoms with Gasteiger partial charge in [-0.05, 0) is 41.8 Å². The highest BCUT2D eigenvalue weighted by molar-refractivity contribution is 7.13. The molecule has 0 saturated carbocycles. The van der Waals surface area contributed by atoms with Crippen LogP contribution < -0.4 is 5.32 Å². The van der Waals surface area contributed by atoms with Crippen molar-refractivity contribution in [2.24, 2.45) is 0 Å². The van der Waals surface area contributed by atoms with Crippen molar-refractivity contribution in [2.75, 3.05) is 5.32 Å². The molecule has 27 heavy (non-hydrogen) atoms. The number of hydrogen-bond acceptors (Lipinski definition) is 5. The van der Waals surface area contributed by atoms with Crippen LogP contribution in [0, 0.1) is 5.82 Å². The Morgan fingerprint density at radius 3 is 2.56 bits per heavy atom. The molecule has 8 heteroatoms. The Labute approximate surface area is 158 Å². The molecule has 1 heterocycles. The second kappa shape index (κ2) is 8.50. The number of halogens is 1. The molecule has 1 aromatic heterocycles. The summed E-state index contributed by atoms with van der Waals surface area (Å²) in [7, 11) is 0. The van der Waals surface area contributed by atoms with Crippen molar-refractivity contribution in [3.05, 3.63) is 75.5 Å². The van der Waals surface area contributed by atoms with Gasteiger partial charge in [-0.1, -0.05) is 35.6 Å². The number of carboxylic acids is 1. The fourth-order valence-electron chi connectivity index (χ4n) is 2.43. The quantitative estimate of drug-likeness (QED) is 0.649. The highest BCUT2D eigenvalue weighted by Gasteiger charge is 2.13. The molecule has 0 fully saturated rings. The van der Waals surface area contributed by atoms with Gasteiger partial charge in [0, 0.05) is 18.5 Å². The van der Waals surface area contributed by atoms with Gasteiger partial charge in [0.15, 0.2) is 0 Å². The second-order valence-electron chi connectivity index (χ2n) is 5.85. The number of aryl methyl sites for hydroxylation is 1. The van der Waals surface area contributed by atoms with Crippen molar-refractivity contribution in [3.8, 4) is 0 Å². The molecule has 138 valence electrons. The maximum Gasteiger partial charge on any atom is 0.303 e. The van der Waals surface area contributed by atoms with Gasteiger partial charge in [-0.15, -0.1) is 10.2 Å². The van der Waals surface area contributed by atoms with Crippen molar-refractivity contribution in [1.82, 2.24) is 10.2 Å². The molecule has 0 atom stereocenters. The Bertz CT molecular complexity index is 957. The summed E-state index contributed by atoms with van der Waals surface area (Å²) in [5, 5.41) is 20.1. The van der Waals surface area contributed by atoms with Gasteiger partial charge in [0.05, 0.1) is 0 Å². The summed E-state index contributed by atoms with van der Waals surface area (Å²) in [6.45, 7) is 0. The summed E-state index contributed by atoms with van der Waals surface area (Å²) in [6, 6.07) is 13.2. The summed E-state index contributed by atoms with van der Waals surface area (Å²) in [5.74, 6) is -1.55. The van der Waals surface area contributed by atoms with Crippen LogP contribution in [0.3, 0.4) is 0 Å². The molecule has 0 radical (unpaired) electrons. The van der Waals surface area contributed by atoms with E-state index in [-0.39, 0.29) is 23.2 Å². The SMILES string of the molecule is O=C(O)CCc1ccc(NC(=O)c2nnc(Cc3cccc(F)c3)s2)cc1. The van der Waals surface area contributed by atoms with Crippen LogP contribution in [0.2, 0.25) is 0 Å². The number of aliphatic carboxylic acids is 1. The number of anilines is 1. The van der Waals surface area contributed by atoms with E-state index >= 15 is 0 Å². The van der Waals surface area contributed by atoms with Crippen LogP contribution in [0.5, 0.6) is 0 Å². The van der Waals surface area contributed by atoms with Gasteiger partial charge in [-0.2, -0.15) is 0 Å².